The zero-order chi connectivity index (χ0) is 19.0. The molecule has 1 N–H and O–H groups in total. The van der Waals surface area contributed by atoms with Crippen LogP contribution in [0, 0.1) is 5.92 Å². The Kier molecular flexibility index (Phi) is 4.81. The van der Waals surface area contributed by atoms with Crippen LogP contribution >= 0.6 is 11.3 Å². The van der Waals surface area contributed by atoms with Crippen LogP contribution in [-0.2, 0) is 6.18 Å². The average Bonchev–Trinajstić information content (AvgIpc) is 3.12. The van der Waals surface area contributed by atoms with Gasteiger partial charge in [0.25, 0.3) is 11.1 Å². The Morgan fingerprint density at radius 2 is 1.93 bits per heavy atom. The van der Waals surface area contributed by atoms with Crippen molar-refractivity contribution in [3.63, 3.8) is 0 Å². The number of rotatable bonds is 4. The summed E-state index contributed by atoms with van der Waals surface area (Å²) in [5, 5.41) is 3.01. The molecule has 0 radical (unpaired) electrons. The monoisotopic (exact) mass is 397 g/mol. The number of fused-ring (bicyclic) bond motifs is 3. The number of benzene rings is 1. The van der Waals surface area contributed by atoms with Gasteiger partial charge in [0.15, 0.2) is 0 Å². The first-order valence-electron chi connectivity index (χ1n) is 8.72. The van der Waals surface area contributed by atoms with Gasteiger partial charge in [-0.15, -0.1) is 0 Å². The third-order valence-electron chi connectivity index (χ3n) is 5.06. The van der Waals surface area contributed by atoms with Gasteiger partial charge < -0.3 is 15.0 Å². The lowest BCUT2D eigenvalue weighted by Crippen LogP contribution is -2.57. The van der Waals surface area contributed by atoms with Crippen molar-refractivity contribution in [3.8, 4) is 10.9 Å². The minimum absolute atomic E-state index is 0.0909. The molecule has 5 nitrogen and oxygen atoms in total. The maximum atomic E-state index is 12.6. The fraction of sp³-hybridized carbons (Fsp3) is 0.444. The van der Waals surface area contributed by atoms with Crippen LogP contribution in [0.3, 0.4) is 0 Å². The van der Waals surface area contributed by atoms with Gasteiger partial charge in [-0.1, -0.05) is 11.3 Å². The van der Waals surface area contributed by atoms with E-state index in [4.69, 9.17) is 4.74 Å². The lowest BCUT2D eigenvalue weighted by atomic mass is 9.84. The van der Waals surface area contributed by atoms with Crippen molar-refractivity contribution in [1.29, 1.82) is 0 Å². The molecule has 0 spiro atoms. The van der Waals surface area contributed by atoms with E-state index in [1.807, 2.05) is 0 Å². The topological polar surface area (TPSA) is 54.5 Å². The lowest BCUT2D eigenvalue weighted by molar-refractivity contribution is -0.134. The number of carbonyl (C=O) groups is 1. The van der Waals surface area contributed by atoms with Crippen LogP contribution in [-0.4, -0.2) is 41.5 Å². The maximum absolute atomic E-state index is 12.6. The summed E-state index contributed by atoms with van der Waals surface area (Å²) in [6, 6.07) is 6.49. The molecule has 5 rings (SSSR count). The average molecular weight is 397 g/mol. The van der Waals surface area contributed by atoms with Crippen LogP contribution in [0.25, 0.3) is 0 Å². The van der Waals surface area contributed by atoms with E-state index in [1.54, 1.807) is 24.3 Å². The van der Waals surface area contributed by atoms with E-state index in [2.05, 4.69) is 15.2 Å². The van der Waals surface area contributed by atoms with Crippen LogP contribution in [0.5, 0.6) is 10.9 Å². The summed E-state index contributed by atoms with van der Waals surface area (Å²) >= 11 is 0.433. The second-order valence-electron chi connectivity index (χ2n) is 6.83. The van der Waals surface area contributed by atoms with Gasteiger partial charge in [0.05, 0.1) is 6.20 Å². The van der Waals surface area contributed by atoms with Crippen molar-refractivity contribution >= 4 is 17.2 Å². The van der Waals surface area contributed by atoms with E-state index in [0.717, 1.165) is 38.7 Å². The van der Waals surface area contributed by atoms with Crippen LogP contribution in [0.4, 0.5) is 13.2 Å². The van der Waals surface area contributed by atoms with Gasteiger partial charge >= 0.3 is 6.18 Å². The Balaban J connectivity index is 1.37. The van der Waals surface area contributed by atoms with E-state index >= 15 is 0 Å². The van der Waals surface area contributed by atoms with Crippen LogP contribution in [0.15, 0.2) is 30.5 Å². The molecule has 4 heterocycles. The first kappa shape index (κ1) is 18.2. The summed E-state index contributed by atoms with van der Waals surface area (Å²) in [5.74, 6) is 0.723. The van der Waals surface area contributed by atoms with Gasteiger partial charge in [0.2, 0.25) is 0 Å². The zero-order valence-corrected chi connectivity index (χ0v) is 15.1. The summed E-state index contributed by atoms with van der Waals surface area (Å²) in [5.41, 5.74) is 0.494. The quantitative estimate of drug-likeness (QED) is 0.853. The summed E-state index contributed by atoms with van der Waals surface area (Å²) in [6.07, 6.45) is -1.46. The molecule has 144 valence electrons. The first-order chi connectivity index (χ1) is 12.9. The minimum Gasteiger partial charge on any atom is -0.431 e. The predicted octanol–water partition coefficient (Wildman–Crippen LogP) is 3.78. The van der Waals surface area contributed by atoms with E-state index in [1.165, 1.54) is 0 Å². The Morgan fingerprint density at radius 3 is 2.48 bits per heavy atom. The van der Waals surface area contributed by atoms with Gasteiger partial charge in [-0.25, -0.2) is 4.98 Å². The number of amides is 1. The van der Waals surface area contributed by atoms with E-state index in [0.29, 0.717) is 28.6 Å². The summed E-state index contributed by atoms with van der Waals surface area (Å²) in [7, 11) is 0. The summed E-state index contributed by atoms with van der Waals surface area (Å²) in [4.78, 5) is 17.6. The summed E-state index contributed by atoms with van der Waals surface area (Å²) < 4.78 is 43.1. The van der Waals surface area contributed by atoms with E-state index in [-0.39, 0.29) is 17.1 Å². The number of hydrogen-bond donors (Lipinski definition) is 1. The minimum atomic E-state index is -4.43. The lowest BCUT2D eigenvalue weighted by Gasteiger charge is -2.44. The number of nitrogens with zero attached hydrogens (tertiary/aromatic N) is 2. The SMILES string of the molecule is O=C(NC1CN2CCC1CC2)c1ccc(Oc2ncc(C(F)(F)F)s2)cc1. The van der Waals surface area contributed by atoms with Gasteiger partial charge in [-0.05, 0) is 56.1 Å². The van der Waals surface area contributed by atoms with Gasteiger partial charge in [0.1, 0.15) is 10.6 Å². The number of thiazole rings is 1. The zero-order valence-electron chi connectivity index (χ0n) is 14.3. The molecule has 3 aliphatic rings. The summed E-state index contributed by atoms with van der Waals surface area (Å²) in [6.45, 7) is 3.11. The van der Waals surface area contributed by atoms with Crippen molar-refractivity contribution < 1.29 is 22.7 Å². The van der Waals surface area contributed by atoms with Gasteiger partial charge in [0, 0.05) is 18.2 Å². The Labute approximate surface area is 158 Å². The molecule has 2 aromatic rings. The highest BCUT2D eigenvalue weighted by Gasteiger charge is 2.35. The number of nitrogens with one attached hydrogen (secondary N) is 1. The van der Waals surface area contributed by atoms with Crippen molar-refractivity contribution in [2.75, 3.05) is 19.6 Å². The smallest absolute Gasteiger partial charge is 0.427 e. The largest absolute Gasteiger partial charge is 0.431 e. The highest BCUT2D eigenvalue weighted by molar-refractivity contribution is 7.13. The van der Waals surface area contributed by atoms with Gasteiger partial charge in [-0.2, -0.15) is 13.2 Å². The number of alkyl halides is 3. The van der Waals surface area contributed by atoms with Crippen LogP contribution in [0.2, 0.25) is 0 Å². The standard InChI is InChI=1S/C18H18F3N3O2S/c19-18(20,21)15-9-22-17(27-15)26-13-3-1-12(2-4-13)16(25)23-14-10-24-7-5-11(14)6-8-24/h1-4,9,11,14H,5-8,10H2,(H,23,25). The fourth-order valence-electron chi connectivity index (χ4n) is 3.59. The third-order valence-corrected chi connectivity index (χ3v) is 5.98. The number of piperidine rings is 3. The van der Waals surface area contributed by atoms with Crippen LogP contribution < -0.4 is 10.1 Å². The molecular formula is C18H18F3N3O2S. The Hall–Kier alpha value is -2.13. The molecule has 9 heteroatoms. The molecule has 1 atom stereocenters. The second-order valence-corrected chi connectivity index (χ2v) is 7.83. The third kappa shape index (κ3) is 4.08. The molecule has 0 saturated carbocycles. The molecule has 3 fully saturated rings. The molecule has 27 heavy (non-hydrogen) atoms. The molecule has 1 unspecified atom stereocenters. The number of hydrogen-bond acceptors (Lipinski definition) is 5. The molecule has 3 saturated heterocycles. The van der Waals surface area contributed by atoms with E-state index in [9.17, 15) is 18.0 Å². The van der Waals surface area contributed by atoms with E-state index < -0.39 is 11.1 Å². The maximum Gasteiger partial charge on any atom is 0.427 e. The highest BCUT2D eigenvalue weighted by Crippen LogP contribution is 2.37. The number of ether oxygens (including phenoxy) is 1. The normalized spacial score (nSPS) is 24.6. The van der Waals surface area contributed by atoms with Gasteiger partial charge in [-0.3, -0.25) is 4.79 Å². The Bertz CT molecular complexity index is 814. The van der Waals surface area contributed by atoms with Crippen molar-refractivity contribution in [2.45, 2.75) is 25.1 Å². The number of halogens is 3. The molecule has 1 aromatic heterocycles. The molecule has 1 aromatic carbocycles. The highest BCUT2D eigenvalue weighted by atomic mass is 32.1. The first-order valence-corrected chi connectivity index (χ1v) is 9.54. The predicted molar refractivity (Wildman–Crippen MR) is 94.1 cm³/mol. The number of carbonyl (C=O) groups excluding carboxylic acids is 1. The molecule has 3 aliphatic heterocycles. The van der Waals surface area contributed by atoms with Crippen LogP contribution in [0.1, 0.15) is 28.1 Å². The fourth-order valence-corrected chi connectivity index (χ4v) is 4.24. The molecular weight excluding hydrogens is 379 g/mol. The second kappa shape index (κ2) is 7.12. The Morgan fingerprint density at radius 1 is 1.22 bits per heavy atom. The molecule has 2 bridgehead atoms. The van der Waals surface area contributed by atoms with Crippen molar-refractivity contribution in [1.82, 2.24) is 15.2 Å². The van der Waals surface area contributed by atoms with Crippen molar-refractivity contribution in [3.05, 3.63) is 40.9 Å². The molecule has 1 amide bonds. The van der Waals surface area contributed by atoms with Crippen molar-refractivity contribution in [2.24, 2.45) is 5.92 Å². The number of aromatic nitrogens is 1. The molecule has 0 aliphatic carbocycles.